The third-order valence-corrected chi connectivity index (χ3v) is 4.49. The van der Waals surface area contributed by atoms with Crippen LogP contribution in [-0.4, -0.2) is 28.9 Å². The molecule has 0 bridgehead atoms. The molecule has 0 aromatic carbocycles. The number of alkyl carbamates (subject to hydrolysis) is 1. The van der Waals surface area contributed by atoms with Crippen LogP contribution in [0.25, 0.3) is 0 Å². The smallest absolute Gasteiger partial charge is 0.407 e. The minimum atomic E-state index is -0.687. The lowest BCUT2D eigenvalue weighted by molar-refractivity contribution is 0.0440. The van der Waals surface area contributed by atoms with Gasteiger partial charge in [-0.2, -0.15) is 0 Å². The van der Waals surface area contributed by atoms with Gasteiger partial charge >= 0.3 is 6.09 Å². The number of carbonyl (C=O) groups is 1. The second-order valence-corrected chi connectivity index (χ2v) is 10.1. The van der Waals surface area contributed by atoms with Crippen LogP contribution >= 0.6 is 0 Å². The first-order valence-corrected chi connectivity index (χ1v) is 11.0. The van der Waals surface area contributed by atoms with Gasteiger partial charge in [0.25, 0.3) is 0 Å². The molecule has 1 amide bonds. The average Bonchev–Trinajstić information content (AvgIpc) is 2.52. The predicted molar refractivity (Wildman–Crippen MR) is 118 cm³/mol. The van der Waals surface area contributed by atoms with Gasteiger partial charge in [-0.15, -0.1) is 11.8 Å². The van der Waals surface area contributed by atoms with E-state index in [9.17, 15) is 9.90 Å². The van der Waals surface area contributed by atoms with Crippen LogP contribution in [0, 0.1) is 17.3 Å². The summed E-state index contributed by atoms with van der Waals surface area (Å²) >= 11 is 0. The number of nitrogens with one attached hydrogen (secondary N) is 1. The number of ether oxygens (including phenoxy) is 1. The SMILES string of the molecule is C[C@H](NC(=O)OC(C)(C)C)[C@@H](O)CC#CCCCCCCCCCC(C)(C)C. The van der Waals surface area contributed by atoms with Crippen LogP contribution in [0.2, 0.25) is 0 Å². The first kappa shape index (κ1) is 26.8. The third-order valence-electron chi connectivity index (χ3n) is 4.49. The summed E-state index contributed by atoms with van der Waals surface area (Å²) in [5.74, 6) is 6.16. The number of carbonyl (C=O) groups excluding carboxylic acids is 1. The Morgan fingerprint density at radius 1 is 0.929 bits per heavy atom. The monoisotopic (exact) mass is 395 g/mol. The van der Waals surface area contributed by atoms with Crippen molar-refractivity contribution in [2.75, 3.05) is 0 Å². The summed E-state index contributed by atoms with van der Waals surface area (Å²) in [6.07, 6.45) is 10.4. The van der Waals surface area contributed by atoms with E-state index in [4.69, 9.17) is 4.74 Å². The number of rotatable bonds is 11. The molecule has 2 N–H and O–H groups in total. The molecule has 4 heteroatoms. The Labute approximate surface area is 174 Å². The lowest BCUT2D eigenvalue weighted by atomic mass is 9.89. The first-order chi connectivity index (χ1) is 12.9. The van der Waals surface area contributed by atoms with Crippen molar-refractivity contribution in [2.24, 2.45) is 5.41 Å². The summed E-state index contributed by atoms with van der Waals surface area (Å²) in [5.41, 5.74) is -0.0726. The highest BCUT2D eigenvalue weighted by Crippen LogP contribution is 2.22. The highest BCUT2D eigenvalue weighted by Gasteiger charge is 2.20. The molecule has 0 spiro atoms. The molecule has 0 aromatic heterocycles. The Morgan fingerprint density at radius 2 is 1.46 bits per heavy atom. The molecule has 0 fully saturated rings. The highest BCUT2D eigenvalue weighted by molar-refractivity contribution is 5.68. The molecule has 2 atom stereocenters. The van der Waals surface area contributed by atoms with E-state index in [0.29, 0.717) is 11.8 Å². The standard InChI is InChI=1S/C24H45NO3/c1-20(25-22(27)28-24(5,6)7)21(26)18-16-14-12-10-8-9-11-13-15-17-19-23(2,3)4/h20-21,26H,8-13,15,17-19H2,1-7H3,(H,25,27)/t20-,21-/m0/s1. The zero-order valence-corrected chi connectivity index (χ0v) is 19.5. The Balaban J connectivity index is 3.68. The Kier molecular flexibility index (Phi) is 13.3. The van der Waals surface area contributed by atoms with Gasteiger partial charge in [-0.1, -0.05) is 59.3 Å². The topological polar surface area (TPSA) is 58.6 Å². The van der Waals surface area contributed by atoms with E-state index in [0.717, 1.165) is 12.8 Å². The van der Waals surface area contributed by atoms with Gasteiger partial charge in [0.05, 0.1) is 12.1 Å². The van der Waals surface area contributed by atoms with Gasteiger partial charge in [0.15, 0.2) is 0 Å². The Morgan fingerprint density at radius 3 is 2.00 bits per heavy atom. The van der Waals surface area contributed by atoms with Crippen molar-refractivity contribution in [1.29, 1.82) is 0 Å². The summed E-state index contributed by atoms with van der Waals surface area (Å²) in [6.45, 7) is 14.1. The van der Waals surface area contributed by atoms with Crippen molar-refractivity contribution in [1.82, 2.24) is 5.32 Å². The lowest BCUT2D eigenvalue weighted by Crippen LogP contribution is -2.43. The third kappa shape index (κ3) is 18.2. The average molecular weight is 396 g/mol. The van der Waals surface area contributed by atoms with Gasteiger partial charge in [-0.3, -0.25) is 0 Å². The van der Waals surface area contributed by atoms with Crippen molar-refractivity contribution < 1.29 is 14.6 Å². The summed E-state index contributed by atoms with van der Waals surface area (Å²) in [4.78, 5) is 11.7. The highest BCUT2D eigenvalue weighted by atomic mass is 16.6. The normalized spacial score (nSPS) is 14.0. The Hall–Kier alpha value is -1.21. The van der Waals surface area contributed by atoms with Crippen LogP contribution < -0.4 is 5.32 Å². The maximum atomic E-state index is 11.7. The van der Waals surface area contributed by atoms with Crippen LogP contribution in [0.15, 0.2) is 0 Å². The molecule has 0 saturated carbocycles. The second kappa shape index (κ2) is 13.9. The molecular formula is C24H45NO3. The molecule has 0 rings (SSSR count). The first-order valence-electron chi connectivity index (χ1n) is 11.0. The summed E-state index contributed by atoms with van der Waals surface area (Å²) in [6, 6.07) is -0.387. The molecule has 0 saturated heterocycles. The van der Waals surface area contributed by atoms with Crippen molar-refractivity contribution >= 4 is 6.09 Å². The van der Waals surface area contributed by atoms with E-state index in [1.807, 2.05) is 20.8 Å². The molecule has 0 aliphatic heterocycles. The summed E-state index contributed by atoms with van der Waals surface area (Å²) < 4.78 is 5.19. The molecular weight excluding hydrogens is 350 g/mol. The summed E-state index contributed by atoms with van der Waals surface area (Å²) in [7, 11) is 0. The van der Waals surface area contributed by atoms with Crippen molar-refractivity contribution in [3.05, 3.63) is 0 Å². The van der Waals surface area contributed by atoms with Crippen molar-refractivity contribution in [3.63, 3.8) is 0 Å². The summed E-state index contributed by atoms with van der Waals surface area (Å²) in [5, 5.41) is 12.7. The molecule has 0 radical (unpaired) electrons. The molecule has 28 heavy (non-hydrogen) atoms. The number of hydrogen-bond acceptors (Lipinski definition) is 3. The lowest BCUT2D eigenvalue weighted by Gasteiger charge is -2.23. The molecule has 0 aromatic rings. The molecule has 0 unspecified atom stereocenters. The van der Waals surface area contributed by atoms with Crippen LogP contribution in [0.3, 0.4) is 0 Å². The molecule has 164 valence electrons. The fourth-order valence-electron chi connectivity index (χ4n) is 2.78. The maximum absolute atomic E-state index is 11.7. The van der Waals surface area contributed by atoms with Gasteiger partial charge in [-0.25, -0.2) is 4.79 Å². The van der Waals surface area contributed by atoms with E-state index in [-0.39, 0.29) is 6.04 Å². The van der Waals surface area contributed by atoms with Crippen molar-refractivity contribution in [2.45, 2.75) is 130 Å². The molecule has 0 aliphatic carbocycles. The zero-order chi connectivity index (χ0) is 21.6. The molecule has 4 nitrogen and oxygen atoms in total. The largest absolute Gasteiger partial charge is 0.444 e. The second-order valence-electron chi connectivity index (χ2n) is 10.1. The predicted octanol–water partition coefficient (Wildman–Crippen LogP) is 6.21. The zero-order valence-electron chi connectivity index (χ0n) is 19.5. The van der Waals surface area contributed by atoms with E-state index in [1.54, 1.807) is 6.92 Å². The minimum Gasteiger partial charge on any atom is -0.444 e. The fraction of sp³-hybridized carbons (Fsp3) is 0.875. The van der Waals surface area contributed by atoms with Gasteiger partial charge in [0.2, 0.25) is 0 Å². The number of aliphatic hydroxyl groups excluding tert-OH is 1. The number of unbranched alkanes of at least 4 members (excludes halogenated alkanes) is 7. The number of hydrogen-bond donors (Lipinski definition) is 2. The Bertz CT molecular complexity index is 477. The van der Waals surface area contributed by atoms with E-state index < -0.39 is 17.8 Å². The van der Waals surface area contributed by atoms with Gasteiger partial charge in [0, 0.05) is 12.8 Å². The number of aliphatic hydroxyl groups is 1. The fourth-order valence-corrected chi connectivity index (χ4v) is 2.78. The minimum absolute atomic E-state index is 0.366. The van der Waals surface area contributed by atoms with E-state index in [1.165, 1.54) is 44.9 Å². The van der Waals surface area contributed by atoms with Gasteiger partial charge < -0.3 is 15.2 Å². The van der Waals surface area contributed by atoms with Gasteiger partial charge in [-0.05, 0) is 46.0 Å². The molecule has 0 heterocycles. The van der Waals surface area contributed by atoms with Crippen molar-refractivity contribution in [3.8, 4) is 11.8 Å². The number of amides is 1. The van der Waals surface area contributed by atoms with Crippen LogP contribution in [0.1, 0.15) is 113 Å². The maximum Gasteiger partial charge on any atom is 0.407 e. The van der Waals surface area contributed by atoms with Gasteiger partial charge in [0.1, 0.15) is 5.60 Å². The van der Waals surface area contributed by atoms with Crippen LogP contribution in [0.5, 0.6) is 0 Å². The quantitative estimate of drug-likeness (QED) is 0.323. The van der Waals surface area contributed by atoms with Crippen LogP contribution in [0.4, 0.5) is 4.79 Å². The molecule has 0 aliphatic rings. The van der Waals surface area contributed by atoms with E-state index >= 15 is 0 Å². The van der Waals surface area contributed by atoms with E-state index in [2.05, 4.69) is 37.9 Å². The van der Waals surface area contributed by atoms with Crippen LogP contribution in [-0.2, 0) is 4.74 Å².